The molecule has 0 spiro atoms. The molecule has 26 heavy (non-hydrogen) atoms. The van der Waals surface area contributed by atoms with Gasteiger partial charge in [-0.2, -0.15) is 0 Å². The first-order valence-corrected chi connectivity index (χ1v) is 9.26. The van der Waals surface area contributed by atoms with Gasteiger partial charge in [-0.1, -0.05) is 36.4 Å². The maximum atomic E-state index is 12.2. The Morgan fingerprint density at radius 2 is 1.81 bits per heavy atom. The molecule has 2 aromatic carbocycles. The second kappa shape index (κ2) is 7.70. The predicted octanol–water partition coefficient (Wildman–Crippen LogP) is 2.70. The van der Waals surface area contributed by atoms with Crippen LogP contribution in [0.5, 0.6) is 0 Å². The summed E-state index contributed by atoms with van der Waals surface area (Å²) in [7, 11) is 0. The van der Waals surface area contributed by atoms with E-state index in [2.05, 4.69) is 50.5 Å². The monoisotopic (exact) mass is 348 g/mol. The van der Waals surface area contributed by atoms with Gasteiger partial charge in [0.15, 0.2) is 0 Å². The van der Waals surface area contributed by atoms with Crippen molar-refractivity contribution in [3.8, 4) is 0 Å². The van der Waals surface area contributed by atoms with Crippen LogP contribution in [0.25, 0.3) is 11.0 Å². The molecule has 1 amide bonds. The minimum atomic E-state index is 0.157. The van der Waals surface area contributed by atoms with Gasteiger partial charge < -0.3 is 15.2 Å². The minimum Gasteiger partial charge on any atom is -0.352 e. The first-order chi connectivity index (χ1) is 12.8. The van der Waals surface area contributed by atoms with Crippen LogP contribution in [0.1, 0.15) is 24.0 Å². The molecule has 134 valence electrons. The molecule has 4 rings (SSSR count). The summed E-state index contributed by atoms with van der Waals surface area (Å²) in [5.41, 5.74) is 4.52. The predicted molar refractivity (Wildman–Crippen MR) is 103 cm³/mol. The molecule has 1 fully saturated rings. The quantitative estimate of drug-likeness (QED) is 0.745. The summed E-state index contributed by atoms with van der Waals surface area (Å²) in [6, 6.07) is 16.6. The first kappa shape index (κ1) is 16.8. The van der Waals surface area contributed by atoms with Crippen LogP contribution >= 0.6 is 0 Å². The zero-order valence-corrected chi connectivity index (χ0v) is 14.8. The van der Waals surface area contributed by atoms with Crippen molar-refractivity contribution in [2.24, 2.45) is 5.92 Å². The number of fused-ring (bicyclic) bond motifs is 1. The summed E-state index contributed by atoms with van der Waals surface area (Å²) in [6.07, 6.45) is 3.76. The molecule has 2 heterocycles. The molecular weight excluding hydrogens is 324 g/mol. The van der Waals surface area contributed by atoms with E-state index in [-0.39, 0.29) is 11.8 Å². The van der Waals surface area contributed by atoms with E-state index in [9.17, 15) is 4.79 Å². The number of amides is 1. The van der Waals surface area contributed by atoms with Gasteiger partial charge in [0.05, 0.1) is 17.4 Å². The third kappa shape index (κ3) is 3.78. The summed E-state index contributed by atoms with van der Waals surface area (Å²) in [6.45, 7) is 3.27. The van der Waals surface area contributed by atoms with Gasteiger partial charge in [0.25, 0.3) is 0 Å². The number of imidazole rings is 1. The highest BCUT2D eigenvalue weighted by atomic mass is 16.1. The molecule has 0 unspecified atom stereocenters. The van der Waals surface area contributed by atoms with E-state index >= 15 is 0 Å². The topological polar surface area (TPSA) is 59.0 Å². The molecule has 0 aliphatic carbocycles. The number of hydrogen-bond donors (Lipinski definition) is 2. The number of carbonyl (C=O) groups excluding carboxylic acids is 1. The van der Waals surface area contributed by atoms with E-state index in [1.165, 1.54) is 5.56 Å². The van der Waals surface area contributed by atoms with E-state index in [1.807, 2.05) is 24.5 Å². The van der Waals surface area contributed by atoms with Gasteiger partial charge in [0.2, 0.25) is 5.91 Å². The largest absolute Gasteiger partial charge is 0.352 e. The van der Waals surface area contributed by atoms with Crippen LogP contribution in [0, 0.1) is 5.92 Å². The molecule has 1 aliphatic heterocycles. The number of rotatable bonds is 5. The Morgan fingerprint density at radius 1 is 1.08 bits per heavy atom. The van der Waals surface area contributed by atoms with Crippen LogP contribution < -0.4 is 10.6 Å². The SMILES string of the molecule is O=C(NCc1ccc(Cn2cnc3ccccc32)cc1)C1CCNCC1. The highest BCUT2D eigenvalue weighted by Gasteiger charge is 2.20. The minimum absolute atomic E-state index is 0.157. The number of para-hydroxylation sites is 2. The molecule has 5 nitrogen and oxygen atoms in total. The van der Waals surface area contributed by atoms with Gasteiger partial charge in [0.1, 0.15) is 0 Å². The van der Waals surface area contributed by atoms with Crippen LogP contribution in [-0.4, -0.2) is 28.5 Å². The summed E-state index contributed by atoms with van der Waals surface area (Å²) in [5, 5.41) is 6.37. The number of hydrogen-bond acceptors (Lipinski definition) is 3. The number of nitrogens with one attached hydrogen (secondary N) is 2. The Labute approximate surface area is 153 Å². The van der Waals surface area contributed by atoms with Crippen LogP contribution in [-0.2, 0) is 17.9 Å². The Morgan fingerprint density at radius 3 is 2.62 bits per heavy atom. The van der Waals surface area contributed by atoms with Crippen molar-refractivity contribution >= 4 is 16.9 Å². The number of aromatic nitrogens is 2. The lowest BCUT2D eigenvalue weighted by molar-refractivity contribution is -0.125. The van der Waals surface area contributed by atoms with Crippen molar-refractivity contribution in [2.75, 3.05) is 13.1 Å². The van der Waals surface area contributed by atoms with E-state index in [0.29, 0.717) is 6.54 Å². The molecule has 1 aromatic heterocycles. The fourth-order valence-corrected chi connectivity index (χ4v) is 3.51. The summed E-state index contributed by atoms with van der Waals surface area (Å²) in [4.78, 5) is 16.7. The van der Waals surface area contributed by atoms with Crippen molar-refractivity contribution in [1.29, 1.82) is 0 Å². The zero-order valence-electron chi connectivity index (χ0n) is 14.8. The van der Waals surface area contributed by atoms with Crippen molar-refractivity contribution in [1.82, 2.24) is 20.2 Å². The maximum absolute atomic E-state index is 12.2. The van der Waals surface area contributed by atoms with Gasteiger partial charge in [0, 0.05) is 19.0 Å². The second-order valence-corrected chi connectivity index (χ2v) is 6.92. The zero-order chi connectivity index (χ0) is 17.8. The third-order valence-electron chi connectivity index (χ3n) is 5.08. The molecule has 0 atom stereocenters. The highest BCUT2D eigenvalue weighted by Crippen LogP contribution is 2.15. The molecule has 1 saturated heterocycles. The molecular formula is C21H24N4O. The average Bonchev–Trinajstić information content (AvgIpc) is 3.11. The lowest BCUT2D eigenvalue weighted by Crippen LogP contribution is -2.37. The number of benzene rings is 2. The summed E-state index contributed by atoms with van der Waals surface area (Å²) in [5.74, 6) is 0.338. The first-order valence-electron chi connectivity index (χ1n) is 9.26. The maximum Gasteiger partial charge on any atom is 0.223 e. The second-order valence-electron chi connectivity index (χ2n) is 6.92. The lowest BCUT2D eigenvalue weighted by atomic mass is 9.97. The van der Waals surface area contributed by atoms with Crippen LogP contribution in [0.15, 0.2) is 54.9 Å². The molecule has 3 aromatic rings. The van der Waals surface area contributed by atoms with Gasteiger partial charge in [-0.3, -0.25) is 4.79 Å². The van der Waals surface area contributed by atoms with E-state index in [1.54, 1.807) is 0 Å². The molecule has 0 saturated carbocycles. The van der Waals surface area contributed by atoms with Crippen molar-refractivity contribution in [3.05, 3.63) is 66.0 Å². The smallest absolute Gasteiger partial charge is 0.223 e. The van der Waals surface area contributed by atoms with Gasteiger partial charge >= 0.3 is 0 Å². The van der Waals surface area contributed by atoms with Crippen molar-refractivity contribution in [3.63, 3.8) is 0 Å². The van der Waals surface area contributed by atoms with Gasteiger partial charge in [-0.15, -0.1) is 0 Å². The van der Waals surface area contributed by atoms with Crippen LogP contribution in [0.3, 0.4) is 0 Å². The van der Waals surface area contributed by atoms with Crippen LogP contribution in [0.2, 0.25) is 0 Å². The fraction of sp³-hybridized carbons (Fsp3) is 0.333. The molecule has 5 heteroatoms. The summed E-state index contributed by atoms with van der Waals surface area (Å²) < 4.78 is 2.16. The molecule has 1 aliphatic rings. The summed E-state index contributed by atoms with van der Waals surface area (Å²) >= 11 is 0. The molecule has 2 N–H and O–H groups in total. The highest BCUT2D eigenvalue weighted by molar-refractivity contribution is 5.78. The Bertz CT molecular complexity index is 878. The Balaban J connectivity index is 1.35. The van der Waals surface area contributed by atoms with Gasteiger partial charge in [-0.05, 0) is 49.2 Å². The van der Waals surface area contributed by atoms with E-state index in [4.69, 9.17) is 0 Å². The van der Waals surface area contributed by atoms with Crippen LogP contribution in [0.4, 0.5) is 0 Å². The normalized spacial score (nSPS) is 15.2. The number of nitrogens with zero attached hydrogens (tertiary/aromatic N) is 2. The lowest BCUT2D eigenvalue weighted by Gasteiger charge is -2.21. The van der Waals surface area contributed by atoms with E-state index in [0.717, 1.165) is 49.1 Å². The molecule has 0 radical (unpaired) electrons. The Hall–Kier alpha value is -2.66. The standard InChI is InChI=1S/C21H24N4O/c26-21(18-9-11-22-12-10-18)23-13-16-5-7-17(8-6-16)14-25-15-24-19-3-1-2-4-20(19)25/h1-8,15,18,22H,9-14H2,(H,23,26). The average molecular weight is 348 g/mol. The third-order valence-corrected chi connectivity index (χ3v) is 5.08. The molecule has 0 bridgehead atoms. The number of piperidine rings is 1. The van der Waals surface area contributed by atoms with Gasteiger partial charge in [-0.25, -0.2) is 4.98 Å². The number of carbonyl (C=O) groups is 1. The van der Waals surface area contributed by atoms with Crippen molar-refractivity contribution in [2.45, 2.75) is 25.9 Å². The van der Waals surface area contributed by atoms with Crippen molar-refractivity contribution < 1.29 is 4.79 Å². The Kier molecular flexibility index (Phi) is 4.97. The van der Waals surface area contributed by atoms with E-state index < -0.39 is 0 Å². The fourth-order valence-electron chi connectivity index (χ4n) is 3.51.